The zero-order chi connectivity index (χ0) is 16.9. The van der Waals surface area contributed by atoms with Crippen LogP contribution < -0.4 is 0 Å². The van der Waals surface area contributed by atoms with Gasteiger partial charge in [0.25, 0.3) is 5.91 Å². The smallest absolute Gasteiger partial charge is 0.292 e. The van der Waals surface area contributed by atoms with Crippen LogP contribution in [0, 0.1) is 6.92 Å². The number of aryl methyl sites for hydroxylation is 2. The number of hydrogen-bond donors (Lipinski definition) is 0. The Labute approximate surface area is 141 Å². The first-order valence-corrected chi connectivity index (χ1v) is 8.44. The van der Waals surface area contributed by atoms with Crippen LogP contribution in [0.5, 0.6) is 0 Å². The number of oxazole rings is 1. The molecule has 0 bridgehead atoms. The Morgan fingerprint density at radius 1 is 1.42 bits per heavy atom. The van der Waals surface area contributed by atoms with Crippen LogP contribution in [0.1, 0.15) is 47.6 Å². The van der Waals surface area contributed by atoms with Crippen LogP contribution in [0.25, 0.3) is 0 Å². The van der Waals surface area contributed by atoms with Crippen LogP contribution >= 0.6 is 0 Å². The average molecular weight is 329 g/mol. The fourth-order valence-corrected chi connectivity index (χ4v) is 2.89. The summed E-state index contributed by atoms with van der Waals surface area (Å²) in [7, 11) is 0. The van der Waals surface area contributed by atoms with E-state index < -0.39 is 0 Å². The number of rotatable bonds is 6. The molecule has 1 atom stereocenters. The van der Waals surface area contributed by atoms with Crippen LogP contribution in [0.2, 0.25) is 0 Å². The Morgan fingerprint density at radius 3 is 2.92 bits per heavy atom. The third-order valence-corrected chi connectivity index (χ3v) is 4.15. The molecule has 3 rings (SSSR count). The lowest BCUT2D eigenvalue weighted by Gasteiger charge is -2.24. The molecule has 128 valence electrons. The zero-order valence-corrected chi connectivity index (χ0v) is 14.2. The van der Waals surface area contributed by atoms with E-state index in [1.807, 2.05) is 25.1 Å². The fourth-order valence-electron chi connectivity index (χ4n) is 2.89. The molecular formula is C18H23N3O3. The molecule has 0 unspecified atom stereocenters. The van der Waals surface area contributed by atoms with Gasteiger partial charge in [-0.1, -0.05) is 13.0 Å². The van der Waals surface area contributed by atoms with E-state index >= 15 is 0 Å². The number of hydrogen-bond acceptors (Lipinski definition) is 5. The standard InChI is InChI=1S/C18H23N3O3/c1-3-16-20-13(2)17(24-16)18(22)21(12-15-8-6-10-23-15)11-14-7-4-5-9-19-14/h4-5,7,9,15H,3,6,8,10-12H2,1-2H3/t15-/m1/s1. The number of aromatic nitrogens is 2. The van der Waals surface area contributed by atoms with E-state index in [1.165, 1.54) is 0 Å². The molecular weight excluding hydrogens is 306 g/mol. The van der Waals surface area contributed by atoms with Gasteiger partial charge in [-0.2, -0.15) is 0 Å². The van der Waals surface area contributed by atoms with E-state index in [2.05, 4.69) is 9.97 Å². The van der Waals surface area contributed by atoms with Crippen LogP contribution in [0.4, 0.5) is 0 Å². The molecule has 6 heteroatoms. The van der Waals surface area contributed by atoms with Gasteiger partial charge in [0, 0.05) is 25.8 Å². The summed E-state index contributed by atoms with van der Waals surface area (Å²) in [6, 6.07) is 5.70. The van der Waals surface area contributed by atoms with Gasteiger partial charge in [-0.25, -0.2) is 4.98 Å². The predicted octanol–water partition coefficient (Wildman–Crippen LogP) is 2.76. The fraction of sp³-hybridized carbons (Fsp3) is 0.500. The van der Waals surface area contributed by atoms with Crippen molar-refractivity contribution in [2.24, 2.45) is 0 Å². The van der Waals surface area contributed by atoms with Crippen LogP contribution in [-0.2, 0) is 17.7 Å². The zero-order valence-electron chi connectivity index (χ0n) is 14.2. The topological polar surface area (TPSA) is 68.5 Å². The molecule has 1 aliphatic heterocycles. The third-order valence-electron chi connectivity index (χ3n) is 4.15. The summed E-state index contributed by atoms with van der Waals surface area (Å²) in [6.45, 7) is 5.49. The quantitative estimate of drug-likeness (QED) is 0.815. The minimum Gasteiger partial charge on any atom is -0.435 e. The Balaban J connectivity index is 1.81. The van der Waals surface area contributed by atoms with Crippen LogP contribution in [-0.4, -0.2) is 40.0 Å². The van der Waals surface area contributed by atoms with Gasteiger partial charge in [0.1, 0.15) is 0 Å². The van der Waals surface area contributed by atoms with E-state index in [9.17, 15) is 4.79 Å². The molecule has 0 N–H and O–H groups in total. The van der Waals surface area contributed by atoms with Gasteiger partial charge in [0.15, 0.2) is 5.89 Å². The molecule has 3 heterocycles. The molecule has 2 aromatic heterocycles. The summed E-state index contributed by atoms with van der Waals surface area (Å²) in [6.07, 6.45) is 4.49. The summed E-state index contributed by atoms with van der Waals surface area (Å²) in [5.74, 6) is 0.757. The minimum absolute atomic E-state index is 0.0755. The molecule has 0 aliphatic carbocycles. The second kappa shape index (κ2) is 7.57. The molecule has 0 spiro atoms. The first-order valence-electron chi connectivity index (χ1n) is 8.44. The molecule has 24 heavy (non-hydrogen) atoms. The molecule has 1 aliphatic rings. The van der Waals surface area contributed by atoms with Crippen molar-refractivity contribution < 1.29 is 13.9 Å². The molecule has 1 amide bonds. The Bertz CT molecular complexity index is 678. The Kier molecular flexibility index (Phi) is 5.25. The first kappa shape index (κ1) is 16.6. The summed E-state index contributed by atoms with van der Waals surface area (Å²) >= 11 is 0. The van der Waals surface area contributed by atoms with Crippen molar-refractivity contribution in [3.63, 3.8) is 0 Å². The predicted molar refractivity (Wildman–Crippen MR) is 88.6 cm³/mol. The highest BCUT2D eigenvalue weighted by Crippen LogP contribution is 2.19. The monoisotopic (exact) mass is 329 g/mol. The highest BCUT2D eigenvalue weighted by Gasteiger charge is 2.27. The summed E-state index contributed by atoms with van der Waals surface area (Å²) in [4.78, 5) is 23.4. The van der Waals surface area contributed by atoms with Gasteiger partial charge in [0.2, 0.25) is 5.76 Å². The SMILES string of the molecule is CCc1nc(C)c(C(=O)N(Cc2ccccn2)C[C@H]2CCCO2)o1. The molecule has 6 nitrogen and oxygen atoms in total. The lowest BCUT2D eigenvalue weighted by molar-refractivity contribution is 0.0479. The normalized spacial score (nSPS) is 17.2. The highest BCUT2D eigenvalue weighted by molar-refractivity contribution is 5.92. The Hall–Kier alpha value is -2.21. The van der Waals surface area contributed by atoms with Gasteiger partial charge < -0.3 is 14.1 Å². The Morgan fingerprint density at radius 2 is 2.29 bits per heavy atom. The van der Waals surface area contributed by atoms with Gasteiger partial charge in [-0.15, -0.1) is 0 Å². The van der Waals surface area contributed by atoms with Crippen molar-refractivity contribution in [3.05, 3.63) is 47.4 Å². The molecule has 0 aromatic carbocycles. The van der Waals surface area contributed by atoms with Crippen molar-refractivity contribution in [1.29, 1.82) is 0 Å². The number of nitrogens with zero attached hydrogens (tertiary/aromatic N) is 3. The summed E-state index contributed by atoms with van der Waals surface area (Å²) in [5.41, 5.74) is 1.48. The second-order valence-corrected chi connectivity index (χ2v) is 6.02. The number of pyridine rings is 1. The van der Waals surface area contributed by atoms with Gasteiger partial charge in [-0.3, -0.25) is 9.78 Å². The van der Waals surface area contributed by atoms with Crippen molar-refractivity contribution in [1.82, 2.24) is 14.9 Å². The van der Waals surface area contributed by atoms with E-state index in [-0.39, 0.29) is 12.0 Å². The van der Waals surface area contributed by atoms with E-state index in [4.69, 9.17) is 9.15 Å². The van der Waals surface area contributed by atoms with Gasteiger partial charge in [0.05, 0.1) is 24.0 Å². The maximum absolute atomic E-state index is 13.0. The van der Waals surface area contributed by atoms with Crippen molar-refractivity contribution >= 4 is 5.91 Å². The maximum atomic E-state index is 13.0. The van der Waals surface area contributed by atoms with Crippen LogP contribution in [0.3, 0.4) is 0 Å². The van der Waals surface area contributed by atoms with E-state index in [1.54, 1.807) is 18.0 Å². The number of carbonyl (C=O) groups is 1. The number of ether oxygens (including phenoxy) is 1. The lowest BCUT2D eigenvalue weighted by Crippen LogP contribution is -2.37. The molecule has 1 fully saturated rings. The minimum atomic E-state index is -0.152. The first-order chi connectivity index (χ1) is 11.7. The van der Waals surface area contributed by atoms with Gasteiger partial charge in [-0.05, 0) is 31.9 Å². The molecule has 0 saturated carbocycles. The van der Waals surface area contributed by atoms with Gasteiger partial charge >= 0.3 is 0 Å². The largest absolute Gasteiger partial charge is 0.435 e. The molecule has 2 aromatic rings. The maximum Gasteiger partial charge on any atom is 0.292 e. The number of amides is 1. The second-order valence-electron chi connectivity index (χ2n) is 6.02. The average Bonchev–Trinajstić information content (AvgIpc) is 3.24. The third kappa shape index (κ3) is 3.82. The number of carbonyl (C=O) groups excluding carboxylic acids is 1. The van der Waals surface area contributed by atoms with Crippen LogP contribution in [0.15, 0.2) is 28.8 Å². The van der Waals surface area contributed by atoms with Crippen molar-refractivity contribution in [2.45, 2.75) is 45.8 Å². The summed E-state index contributed by atoms with van der Waals surface area (Å²) in [5, 5.41) is 0. The van der Waals surface area contributed by atoms with E-state index in [0.717, 1.165) is 25.1 Å². The van der Waals surface area contributed by atoms with E-state index in [0.29, 0.717) is 36.9 Å². The lowest BCUT2D eigenvalue weighted by atomic mass is 10.2. The van der Waals surface area contributed by atoms with Crippen molar-refractivity contribution in [2.75, 3.05) is 13.2 Å². The van der Waals surface area contributed by atoms with Crippen molar-refractivity contribution in [3.8, 4) is 0 Å². The molecule has 0 radical (unpaired) electrons. The summed E-state index contributed by atoms with van der Waals surface area (Å²) < 4.78 is 11.3. The molecule has 1 saturated heterocycles. The highest BCUT2D eigenvalue weighted by atomic mass is 16.5.